The number of rotatable bonds is 5. The van der Waals surface area contributed by atoms with Gasteiger partial charge in [0.05, 0.1) is 29.8 Å². The molecular weight excluding hydrogens is 310 g/mol. The molecule has 1 fully saturated rings. The molecule has 0 aliphatic carbocycles. The van der Waals surface area contributed by atoms with Crippen molar-refractivity contribution in [2.24, 2.45) is 0 Å². The smallest absolute Gasteiger partial charge is 0.303 e. The lowest BCUT2D eigenvalue weighted by molar-refractivity contribution is -0.137. The highest BCUT2D eigenvalue weighted by Gasteiger charge is 2.28. The van der Waals surface area contributed by atoms with E-state index in [-0.39, 0.29) is 18.4 Å². The van der Waals surface area contributed by atoms with Crippen molar-refractivity contribution in [3.63, 3.8) is 0 Å². The number of carboxylic acid groups (broad SMARTS) is 1. The van der Waals surface area contributed by atoms with Crippen LogP contribution in [-0.4, -0.2) is 54.4 Å². The Morgan fingerprint density at radius 3 is 2.92 bits per heavy atom. The molecule has 0 bridgehead atoms. The third kappa shape index (κ3) is 3.58. The Bertz CT molecular complexity index is 716. The lowest BCUT2D eigenvalue weighted by atomic mass is 9.97. The number of hydrogen-bond donors (Lipinski definition) is 1. The van der Waals surface area contributed by atoms with Gasteiger partial charge in [-0.3, -0.25) is 14.6 Å². The number of amides is 1. The fourth-order valence-electron chi connectivity index (χ4n) is 3.04. The van der Waals surface area contributed by atoms with Crippen molar-refractivity contribution in [1.29, 1.82) is 0 Å². The van der Waals surface area contributed by atoms with Gasteiger partial charge in [-0.25, -0.2) is 4.68 Å². The summed E-state index contributed by atoms with van der Waals surface area (Å²) in [6, 6.07) is 1.70. The van der Waals surface area contributed by atoms with Gasteiger partial charge in [0.25, 0.3) is 5.91 Å². The summed E-state index contributed by atoms with van der Waals surface area (Å²) in [4.78, 5) is 29.6. The molecule has 1 saturated heterocycles. The van der Waals surface area contributed by atoms with Crippen molar-refractivity contribution in [3.05, 3.63) is 36.4 Å². The Labute approximate surface area is 139 Å². The third-order valence-corrected chi connectivity index (χ3v) is 4.24. The van der Waals surface area contributed by atoms with Crippen molar-refractivity contribution in [1.82, 2.24) is 24.9 Å². The Kier molecular flexibility index (Phi) is 4.83. The minimum Gasteiger partial charge on any atom is -0.481 e. The summed E-state index contributed by atoms with van der Waals surface area (Å²) in [6.45, 7) is 0.649. The Morgan fingerprint density at radius 1 is 1.29 bits per heavy atom. The van der Waals surface area contributed by atoms with Crippen LogP contribution in [0.15, 0.2) is 30.9 Å². The van der Waals surface area contributed by atoms with E-state index in [0.29, 0.717) is 24.2 Å². The molecule has 3 rings (SSSR count). The van der Waals surface area contributed by atoms with Crippen LogP contribution in [-0.2, 0) is 4.79 Å². The number of pyridine rings is 1. The molecule has 0 saturated carbocycles. The zero-order chi connectivity index (χ0) is 16.9. The lowest BCUT2D eigenvalue weighted by Gasteiger charge is -2.35. The van der Waals surface area contributed by atoms with Gasteiger partial charge in [0.1, 0.15) is 0 Å². The molecule has 1 amide bonds. The van der Waals surface area contributed by atoms with Crippen molar-refractivity contribution < 1.29 is 14.7 Å². The molecule has 1 aliphatic rings. The van der Waals surface area contributed by atoms with Gasteiger partial charge in [-0.05, 0) is 31.7 Å². The van der Waals surface area contributed by atoms with E-state index in [4.69, 9.17) is 5.11 Å². The number of nitrogens with zero attached hydrogens (tertiary/aromatic N) is 5. The lowest BCUT2D eigenvalue weighted by Crippen LogP contribution is -2.44. The zero-order valence-corrected chi connectivity index (χ0v) is 13.2. The first-order valence-electron chi connectivity index (χ1n) is 7.99. The van der Waals surface area contributed by atoms with Gasteiger partial charge in [0.2, 0.25) is 0 Å². The molecule has 0 radical (unpaired) electrons. The van der Waals surface area contributed by atoms with Crippen molar-refractivity contribution in [2.75, 3.05) is 6.54 Å². The number of piperidine rings is 1. The molecule has 1 unspecified atom stereocenters. The molecule has 8 nitrogen and oxygen atoms in total. The van der Waals surface area contributed by atoms with E-state index in [9.17, 15) is 9.59 Å². The fourth-order valence-corrected chi connectivity index (χ4v) is 3.04. The molecule has 0 aromatic carbocycles. The topological polar surface area (TPSA) is 101 Å². The molecule has 1 atom stereocenters. The molecule has 0 spiro atoms. The van der Waals surface area contributed by atoms with Crippen LogP contribution in [0.3, 0.4) is 0 Å². The van der Waals surface area contributed by atoms with Crippen LogP contribution in [0.4, 0.5) is 0 Å². The van der Waals surface area contributed by atoms with Crippen molar-refractivity contribution in [3.8, 4) is 5.69 Å². The first kappa shape index (κ1) is 16.1. The Balaban J connectivity index is 1.79. The largest absolute Gasteiger partial charge is 0.481 e. The second-order valence-corrected chi connectivity index (χ2v) is 5.86. The van der Waals surface area contributed by atoms with Gasteiger partial charge < -0.3 is 10.0 Å². The molecular formula is C16H19N5O3. The summed E-state index contributed by atoms with van der Waals surface area (Å²) in [6.07, 6.45) is 9.74. The van der Waals surface area contributed by atoms with E-state index in [1.54, 1.807) is 34.2 Å². The monoisotopic (exact) mass is 329 g/mol. The molecule has 1 N–H and O–H groups in total. The summed E-state index contributed by atoms with van der Waals surface area (Å²) < 4.78 is 1.54. The van der Waals surface area contributed by atoms with Gasteiger partial charge >= 0.3 is 5.97 Å². The number of carbonyl (C=O) groups is 2. The summed E-state index contributed by atoms with van der Waals surface area (Å²) in [5.41, 5.74) is 1.14. The second kappa shape index (κ2) is 7.20. The SMILES string of the molecule is O=C(O)CCC1CCCCN1C(=O)c1cncc(-n2ccnn2)c1. The molecule has 126 valence electrons. The van der Waals surface area contributed by atoms with Gasteiger partial charge in [-0.2, -0.15) is 0 Å². The normalized spacial score (nSPS) is 17.7. The number of aliphatic carboxylic acids is 1. The van der Waals surface area contributed by atoms with Gasteiger partial charge in [-0.1, -0.05) is 5.21 Å². The fraction of sp³-hybridized carbons (Fsp3) is 0.438. The molecule has 8 heteroatoms. The van der Waals surface area contributed by atoms with Crippen LogP contribution in [0.25, 0.3) is 5.69 Å². The average molecular weight is 329 g/mol. The summed E-state index contributed by atoms with van der Waals surface area (Å²) in [7, 11) is 0. The predicted molar refractivity (Wildman–Crippen MR) is 84.7 cm³/mol. The van der Waals surface area contributed by atoms with Gasteiger partial charge in [0, 0.05) is 25.2 Å². The summed E-state index contributed by atoms with van der Waals surface area (Å²) >= 11 is 0. The second-order valence-electron chi connectivity index (χ2n) is 5.86. The number of aromatic nitrogens is 4. The number of carboxylic acids is 1. The number of carbonyl (C=O) groups excluding carboxylic acids is 1. The highest BCUT2D eigenvalue weighted by Crippen LogP contribution is 2.23. The highest BCUT2D eigenvalue weighted by molar-refractivity contribution is 5.94. The first-order chi connectivity index (χ1) is 11.6. The molecule has 1 aliphatic heterocycles. The van der Waals surface area contributed by atoms with E-state index in [0.717, 1.165) is 19.3 Å². The maximum atomic E-state index is 12.9. The van der Waals surface area contributed by atoms with Crippen LogP contribution in [0, 0.1) is 0 Å². The molecule has 3 heterocycles. The van der Waals surface area contributed by atoms with Gasteiger partial charge in [0.15, 0.2) is 0 Å². The minimum atomic E-state index is -0.831. The predicted octanol–water partition coefficient (Wildman–Crippen LogP) is 1.52. The number of hydrogen-bond acceptors (Lipinski definition) is 5. The van der Waals surface area contributed by atoms with Crippen LogP contribution in [0.2, 0.25) is 0 Å². The van der Waals surface area contributed by atoms with Crippen molar-refractivity contribution in [2.45, 2.75) is 38.1 Å². The van der Waals surface area contributed by atoms with E-state index in [1.807, 2.05) is 0 Å². The van der Waals surface area contributed by atoms with Crippen LogP contribution in [0.5, 0.6) is 0 Å². The third-order valence-electron chi connectivity index (χ3n) is 4.24. The van der Waals surface area contributed by atoms with E-state index in [2.05, 4.69) is 15.3 Å². The Morgan fingerprint density at radius 2 is 2.17 bits per heavy atom. The maximum absolute atomic E-state index is 12.9. The van der Waals surface area contributed by atoms with E-state index < -0.39 is 5.97 Å². The summed E-state index contributed by atoms with van der Waals surface area (Å²) in [5, 5.41) is 16.5. The number of likely N-dealkylation sites (tertiary alicyclic amines) is 1. The minimum absolute atomic E-state index is 0.0302. The standard InChI is InChI=1S/C16H19N5O3/c22-15(23)5-4-13-3-1-2-7-20(13)16(24)12-9-14(11-17-10-12)21-8-6-18-19-21/h6,8-11,13H,1-5,7H2,(H,22,23). The molecule has 24 heavy (non-hydrogen) atoms. The van der Waals surface area contributed by atoms with Crippen molar-refractivity contribution >= 4 is 11.9 Å². The molecule has 2 aromatic heterocycles. The average Bonchev–Trinajstić information content (AvgIpc) is 3.14. The first-order valence-corrected chi connectivity index (χ1v) is 7.99. The summed E-state index contributed by atoms with van der Waals surface area (Å²) in [5.74, 6) is -0.942. The zero-order valence-electron chi connectivity index (χ0n) is 13.2. The molecule has 2 aromatic rings. The van der Waals surface area contributed by atoms with Crippen LogP contribution >= 0.6 is 0 Å². The quantitative estimate of drug-likeness (QED) is 0.892. The maximum Gasteiger partial charge on any atom is 0.303 e. The van der Waals surface area contributed by atoms with E-state index in [1.165, 1.54) is 6.20 Å². The van der Waals surface area contributed by atoms with Crippen LogP contribution < -0.4 is 0 Å². The van der Waals surface area contributed by atoms with Crippen LogP contribution in [0.1, 0.15) is 42.5 Å². The van der Waals surface area contributed by atoms with Gasteiger partial charge in [-0.15, -0.1) is 5.10 Å². The van der Waals surface area contributed by atoms with E-state index >= 15 is 0 Å². The highest BCUT2D eigenvalue weighted by atomic mass is 16.4. The Hall–Kier alpha value is -2.77.